The van der Waals surface area contributed by atoms with Crippen LogP contribution >= 0.6 is 0 Å². The molecule has 0 unspecified atom stereocenters. The fourth-order valence-electron chi connectivity index (χ4n) is 5.04. The van der Waals surface area contributed by atoms with E-state index in [0.29, 0.717) is 12.2 Å². The number of para-hydroxylation sites is 1. The van der Waals surface area contributed by atoms with Gasteiger partial charge < -0.3 is 4.90 Å². The minimum atomic E-state index is -0.386. The molecule has 1 saturated carbocycles. The number of rotatable bonds is 3. The van der Waals surface area contributed by atoms with Crippen molar-refractivity contribution in [2.75, 3.05) is 4.90 Å². The number of non-ortho nitro benzene ring substituents is 1. The van der Waals surface area contributed by atoms with Gasteiger partial charge in [0.05, 0.1) is 11.0 Å². The highest BCUT2D eigenvalue weighted by atomic mass is 16.6. The lowest BCUT2D eigenvalue weighted by Gasteiger charge is -2.56. The second-order valence-corrected chi connectivity index (χ2v) is 7.90. The first-order valence-electron chi connectivity index (χ1n) is 9.62. The van der Waals surface area contributed by atoms with Crippen molar-refractivity contribution in [3.05, 3.63) is 70.3 Å². The molecule has 27 heavy (non-hydrogen) atoms. The second-order valence-electron chi connectivity index (χ2n) is 7.90. The van der Waals surface area contributed by atoms with Gasteiger partial charge in [0.15, 0.2) is 0 Å². The van der Waals surface area contributed by atoms with Crippen LogP contribution in [0.1, 0.15) is 50.6 Å². The van der Waals surface area contributed by atoms with Crippen molar-refractivity contribution in [3.63, 3.8) is 0 Å². The number of benzene rings is 2. The van der Waals surface area contributed by atoms with E-state index < -0.39 is 0 Å². The van der Waals surface area contributed by atoms with Crippen molar-refractivity contribution in [3.8, 4) is 0 Å². The SMILES string of the molecule is C[C@]12CCCC[C@H]1C(=O)C[C@@H](c1ccc([N+](=O)[O-])cc1)N2c1ccccc1. The highest BCUT2D eigenvalue weighted by molar-refractivity contribution is 5.86. The Kier molecular flexibility index (Phi) is 4.46. The van der Waals surface area contributed by atoms with Crippen molar-refractivity contribution in [2.24, 2.45) is 5.92 Å². The first kappa shape index (κ1) is 17.7. The largest absolute Gasteiger partial charge is 0.358 e. The van der Waals surface area contributed by atoms with Gasteiger partial charge in [0.1, 0.15) is 5.78 Å². The Balaban J connectivity index is 1.80. The number of nitro groups is 1. The molecule has 5 nitrogen and oxygen atoms in total. The van der Waals surface area contributed by atoms with Crippen LogP contribution in [0.4, 0.5) is 11.4 Å². The van der Waals surface area contributed by atoms with E-state index in [9.17, 15) is 14.9 Å². The highest BCUT2D eigenvalue weighted by Crippen LogP contribution is 2.50. The summed E-state index contributed by atoms with van der Waals surface area (Å²) in [5, 5.41) is 11.0. The summed E-state index contributed by atoms with van der Waals surface area (Å²) in [6.45, 7) is 2.22. The van der Waals surface area contributed by atoms with Crippen LogP contribution in [0.3, 0.4) is 0 Å². The Labute approximate surface area is 159 Å². The molecule has 140 valence electrons. The number of hydrogen-bond acceptors (Lipinski definition) is 4. The summed E-state index contributed by atoms with van der Waals surface area (Å²) in [5.41, 5.74) is 1.93. The van der Waals surface area contributed by atoms with Gasteiger partial charge in [0.2, 0.25) is 0 Å². The van der Waals surface area contributed by atoms with E-state index >= 15 is 0 Å². The Hall–Kier alpha value is -2.69. The fourth-order valence-corrected chi connectivity index (χ4v) is 5.04. The van der Waals surface area contributed by atoms with E-state index in [0.717, 1.165) is 36.9 Å². The Morgan fingerprint density at radius 1 is 1.07 bits per heavy atom. The molecule has 1 saturated heterocycles. The summed E-state index contributed by atoms with van der Waals surface area (Å²) >= 11 is 0. The number of piperidine rings is 1. The third kappa shape index (κ3) is 3.01. The summed E-state index contributed by atoms with van der Waals surface area (Å²) in [6, 6.07) is 16.9. The molecular weight excluding hydrogens is 340 g/mol. The molecule has 2 aromatic rings. The number of Topliss-reactive ketones (excluding diaryl/α,β-unsaturated/α-hetero) is 1. The molecule has 0 aromatic heterocycles. The maximum Gasteiger partial charge on any atom is 0.269 e. The molecule has 5 heteroatoms. The van der Waals surface area contributed by atoms with Gasteiger partial charge >= 0.3 is 0 Å². The van der Waals surface area contributed by atoms with Gasteiger partial charge in [-0.25, -0.2) is 0 Å². The lowest BCUT2D eigenvalue weighted by atomic mass is 9.65. The van der Waals surface area contributed by atoms with Crippen LogP contribution in [0.5, 0.6) is 0 Å². The highest BCUT2D eigenvalue weighted by Gasteiger charge is 2.51. The van der Waals surface area contributed by atoms with Crippen LogP contribution in [0.25, 0.3) is 0 Å². The van der Waals surface area contributed by atoms with E-state index in [4.69, 9.17) is 0 Å². The number of hydrogen-bond donors (Lipinski definition) is 0. The van der Waals surface area contributed by atoms with Gasteiger partial charge in [-0.05, 0) is 37.5 Å². The number of carbonyl (C=O) groups is 1. The number of ketones is 1. The van der Waals surface area contributed by atoms with Crippen LogP contribution in [0, 0.1) is 16.0 Å². The van der Waals surface area contributed by atoms with Gasteiger partial charge in [-0.3, -0.25) is 14.9 Å². The summed E-state index contributed by atoms with van der Waals surface area (Å²) in [7, 11) is 0. The smallest absolute Gasteiger partial charge is 0.269 e. The summed E-state index contributed by atoms with van der Waals surface area (Å²) in [4.78, 5) is 26.1. The molecule has 4 rings (SSSR count). The van der Waals surface area contributed by atoms with E-state index in [1.54, 1.807) is 12.1 Å². The van der Waals surface area contributed by atoms with Gasteiger partial charge in [0.25, 0.3) is 5.69 Å². The maximum absolute atomic E-state index is 13.0. The summed E-state index contributed by atoms with van der Waals surface area (Å²) in [5.74, 6) is 0.383. The molecule has 3 atom stereocenters. The quantitative estimate of drug-likeness (QED) is 0.564. The molecule has 0 radical (unpaired) electrons. The molecule has 2 aromatic carbocycles. The van der Waals surface area contributed by atoms with Crippen LogP contribution < -0.4 is 4.90 Å². The van der Waals surface area contributed by atoms with Crippen LogP contribution in [-0.4, -0.2) is 16.2 Å². The first-order valence-corrected chi connectivity index (χ1v) is 9.62. The number of anilines is 1. The van der Waals surface area contributed by atoms with Crippen molar-refractivity contribution in [1.29, 1.82) is 0 Å². The molecule has 0 spiro atoms. The van der Waals surface area contributed by atoms with E-state index in [-0.39, 0.29) is 28.1 Å². The van der Waals surface area contributed by atoms with Crippen LogP contribution in [-0.2, 0) is 4.79 Å². The average Bonchev–Trinajstić information content (AvgIpc) is 2.68. The molecule has 2 fully saturated rings. The molecular formula is C22H24N2O3. The lowest BCUT2D eigenvalue weighted by Crippen LogP contribution is -2.61. The molecule has 1 aliphatic carbocycles. The third-order valence-electron chi connectivity index (χ3n) is 6.34. The van der Waals surface area contributed by atoms with Gasteiger partial charge in [-0.15, -0.1) is 0 Å². The first-order chi connectivity index (χ1) is 13.0. The zero-order valence-electron chi connectivity index (χ0n) is 15.5. The van der Waals surface area contributed by atoms with Crippen molar-refractivity contribution in [2.45, 2.75) is 50.6 Å². The number of nitro benzene ring substituents is 1. The van der Waals surface area contributed by atoms with E-state index in [1.807, 2.05) is 18.2 Å². The van der Waals surface area contributed by atoms with Gasteiger partial charge in [0, 0.05) is 35.7 Å². The Morgan fingerprint density at radius 2 is 1.78 bits per heavy atom. The minimum Gasteiger partial charge on any atom is -0.358 e. The average molecular weight is 364 g/mol. The normalized spacial score (nSPS) is 27.9. The third-order valence-corrected chi connectivity index (χ3v) is 6.34. The number of nitrogens with zero attached hydrogens (tertiary/aromatic N) is 2. The van der Waals surface area contributed by atoms with Crippen molar-refractivity contribution < 1.29 is 9.72 Å². The second kappa shape index (κ2) is 6.80. The summed E-state index contributed by atoms with van der Waals surface area (Å²) in [6.07, 6.45) is 4.62. The standard InChI is InChI=1S/C22H24N2O3/c1-22-14-6-5-9-19(22)21(25)15-20(23(22)17-7-3-2-4-8-17)16-10-12-18(13-11-16)24(26)27/h2-4,7-8,10-13,19-20H,5-6,9,14-15H2,1H3/t19-,20-,22-/m0/s1. The molecule has 0 bridgehead atoms. The molecule has 0 N–H and O–H groups in total. The Morgan fingerprint density at radius 3 is 2.44 bits per heavy atom. The van der Waals surface area contributed by atoms with Crippen molar-refractivity contribution >= 4 is 17.2 Å². The molecule has 1 heterocycles. The minimum absolute atomic E-state index is 0.0563. The van der Waals surface area contributed by atoms with E-state index in [1.165, 1.54) is 12.1 Å². The zero-order valence-corrected chi connectivity index (χ0v) is 15.5. The van der Waals surface area contributed by atoms with Crippen LogP contribution in [0.2, 0.25) is 0 Å². The lowest BCUT2D eigenvalue weighted by molar-refractivity contribution is -0.384. The monoisotopic (exact) mass is 364 g/mol. The van der Waals surface area contributed by atoms with Gasteiger partial charge in [-0.1, -0.05) is 43.2 Å². The Bertz CT molecular complexity index is 850. The fraction of sp³-hybridized carbons (Fsp3) is 0.409. The van der Waals surface area contributed by atoms with Crippen molar-refractivity contribution in [1.82, 2.24) is 0 Å². The topological polar surface area (TPSA) is 63.4 Å². The molecule has 2 aliphatic rings. The molecule has 1 aliphatic heterocycles. The molecule has 0 amide bonds. The number of fused-ring (bicyclic) bond motifs is 1. The predicted molar refractivity (Wildman–Crippen MR) is 105 cm³/mol. The number of carbonyl (C=O) groups excluding carboxylic acids is 1. The maximum atomic E-state index is 13.0. The van der Waals surface area contributed by atoms with Crippen LogP contribution in [0.15, 0.2) is 54.6 Å². The van der Waals surface area contributed by atoms with Gasteiger partial charge in [-0.2, -0.15) is 0 Å². The summed E-state index contributed by atoms with van der Waals surface area (Å²) < 4.78 is 0. The predicted octanol–water partition coefficient (Wildman–Crippen LogP) is 5.06. The zero-order chi connectivity index (χ0) is 19.0. The van der Waals surface area contributed by atoms with E-state index in [2.05, 4.69) is 24.0 Å².